The first-order valence-corrected chi connectivity index (χ1v) is 10.4. The van der Waals surface area contributed by atoms with Crippen molar-refractivity contribution >= 4 is 11.0 Å². The molecule has 0 radical (unpaired) electrons. The van der Waals surface area contributed by atoms with E-state index in [-0.39, 0.29) is 34.6 Å². The highest BCUT2D eigenvalue weighted by Gasteiger charge is 2.41. The average molecular weight is 450 g/mol. The monoisotopic (exact) mass is 450 g/mol. The molecule has 0 bridgehead atoms. The molecular weight excluding hydrogens is 425 g/mol. The second-order valence-electron chi connectivity index (χ2n) is 8.33. The summed E-state index contributed by atoms with van der Waals surface area (Å²) < 4.78 is 52.3. The van der Waals surface area contributed by atoms with Gasteiger partial charge in [-0.05, 0) is 31.2 Å². The van der Waals surface area contributed by atoms with Gasteiger partial charge in [-0.3, -0.25) is 4.79 Å². The molecule has 2 aromatic carbocycles. The van der Waals surface area contributed by atoms with E-state index in [9.17, 15) is 23.1 Å². The smallest absolute Gasteiger partial charge is 0.453 e. The van der Waals surface area contributed by atoms with Crippen LogP contribution >= 0.6 is 0 Å². The molecule has 1 aromatic heterocycles. The highest BCUT2D eigenvalue weighted by molar-refractivity contribution is 5.83. The standard InChI is InChI=1S/C23H23F3N2O4/c1-14-3-5-15(6-4-14)31-21-19(30)16-7-8-18(29)17(13-28-11-9-27(2)10-12-28)20(16)32-22(21)23(24,25)26/h3-8,29H,9-13H2,1-2H3/p+2. The molecule has 1 fully saturated rings. The molecule has 1 saturated heterocycles. The minimum absolute atomic E-state index is 0.0629. The summed E-state index contributed by atoms with van der Waals surface area (Å²) in [4.78, 5) is 15.6. The van der Waals surface area contributed by atoms with Crippen molar-refractivity contribution in [2.45, 2.75) is 19.6 Å². The SMILES string of the molecule is Cc1ccc(Oc2c(C(F)(F)F)oc3c(C[NH+]4CC[NH+](C)CC4)c(O)ccc3c2=O)cc1. The lowest BCUT2D eigenvalue weighted by molar-refractivity contribution is -1.01. The van der Waals surface area contributed by atoms with Crippen molar-refractivity contribution in [2.75, 3.05) is 33.2 Å². The Kier molecular flexibility index (Phi) is 5.87. The van der Waals surface area contributed by atoms with Gasteiger partial charge < -0.3 is 24.1 Å². The van der Waals surface area contributed by atoms with Gasteiger partial charge in [0, 0.05) is 0 Å². The van der Waals surface area contributed by atoms with Gasteiger partial charge in [0.2, 0.25) is 11.2 Å². The van der Waals surface area contributed by atoms with Crippen LogP contribution in [0.2, 0.25) is 0 Å². The minimum Gasteiger partial charge on any atom is -0.507 e. The number of likely N-dealkylation sites (N-methyl/N-ethyl adjacent to an activating group) is 1. The van der Waals surface area contributed by atoms with Crippen molar-refractivity contribution in [3.8, 4) is 17.2 Å². The highest BCUT2D eigenvalue weighted by atomic mass is 19.4. The Morgan fingerprint density at radius 2 is 1.72 bits per heavy atom. The Labute approximate surface area is 182 Å². The van der Waals surface area contributed by atoms with E-state index in [1.165, 1.54) is 29.2 Å². The fourth-order valence-corrected chi connectivity index (χ4v) is 3.92. The molecule has 1 aliphatic rings. The molecule has 0 spiro atoms. The Morgan fingerprint density at radius 3 is 2.34 bits per heavy atom. The van der Waals surface area contributed by atoms with Gasteiger partial charge >= 0.3 is 6.18 Å². The number of nitrogens with one attached hydrogen (secondary N) is 2. The molecule has 0 unspecified atom stereocenters. The maximum atomic E-state index is 13.9. The number of fused-ring (bicyclic) bond motifs is 1. The van der Waals surface area contributed by atoms with Gasteiger partial charge in [-0.2, -0.15) is 13.2 Å². The van der Waals surface area contributed by atoms with Crippen molar-refractivity contribution in [1.82, 2.24) is 0 Å². The summed E-state index contributed by atoms with van der Waals surface area (Å²) in [5, 5.41) is 10.4. The molecule has 6 nitrogen and oxygen atoms in total. The lowest BCUT2D eigenvalue weighted by Crippen LogP contribution is -3.26. The maximum absolute atomic E-state index is 13.9. The van der Waals surface area contributed by atoms with Gasteiger partial charge in [0.15, 0.2) is 5.58 Å². The number of benzene rings is 2. The Morgan fingerprint density at radius 1 is 1.06 bits per heavy atom. The first-order valence-electron chi connectivity index (χ1n) is 10.4. The predicted molar refractivity (Wildman–Crippen MR) is 111 cm³/mol. The number of rotatable bonds is 4. The summed E-state index contributed by atoms with van der Waals surface area (Å²) in [7, 11) is 2.08. The van der Waals surface area contributed by atoms with E-state index in [0.29, 0.717) is 0 Å². The number of piperazine rings is 1. The number of halogens is 3. The lowest BCUT2D eigenvalue weighted by Gasteiger charge is -2.27. The van der Waals surface area contributed by atoms with Crippen LogP contribution in [0.4, 0.5) is 13.2 Å². The molecule has 0 aliphatic carbocycles. The third kappa shape index (κ3) is 4.44. The molecule has 170 valence electrons. The first kappa shape index (κ1) is 22.2. The zero-order chi connectivity index (χ0) is 23.0. The van der Waals surface area contributed by atoms with E-state index in [2.05, 4.69) is 7.05 Å². The molecule has 4 rings (SSSR count). The number of aromatic hydroxyl groups is 1. The van der Waals surface area contributed by atoms with E-state index >= 15 is 0 Å². The predicted octanol–water partition coefficient (Wildman–Crippen LogP) is 1.53. The minimum atomic E-state index is -4.96. The van der Waals surface area contributed by atoms with Gasteiger partial charge in [0.05, 0.1) is 18.0 Å². The Balaban J connectivity index is 1.83. The van der Waals surface area contributed by atoms with Crippen LogP contribution in [0.25, 0.3) is 11.0 Å². The summed E-state index contributed by atoms with van der Waals surface area (Å²) in [6, 6.07) is 8.90. The zero-order valence-corrected chi connectivity index (χ0v) is 17.8. The van der Waals surface area contributed by atoms with Crippen molar-refractivity contribution in [2.24, 2.45) is 0 Å². The van der Waals surface area contributed by atoms with Crippen LogP contribution in [-0.2, 0) is 12.7 Å². The second-order valence-corrected chi connectivity index (χ2v) is 8.33. The van der Waals surface area contributed by atoms with Crippen LogP contribution in [0.15, 0.2) is 45.6 Å². The fraction of sp³-hybridized carbons (Fsp3) is 0.348. The van der Waals surface area contributed by atoms with E-state index in [0.717, 1.165) is 36.6 Å². The third-order valence-electron chi connectivity index (χ3n) is 5.83. The largest absolute Gasteiger partial charge is 0.507 e. The van der Waals surface area contributed by atoms with E-state index in [1.54, 1.807) is 12.1 Å². The van der Waals surface area contributed by atoms with Crippen molar-refractivity contribution in [3.63, 3.8) is 0 Å². The van der Waals surface area contributed by atoms with Crippen molar-refractivity contribution in [1.29, 1.82) is 0 Å². The number of aryl methyl sites for hydroxylation is 1. The molecular formula is C23H25F3N2O4+2. The molecule has 9 heteroatoms. The van der Waals surface area contributed by atoms with E-state index in [4.69, 9.17) is 9.15 Å². The van der Waals surface area contributed by atoms with Crippen LogP contribution in [0.1, 0.15) is 16.9 Å². The number of hydrogen-bond acceptors (Lipinski definition) is 4. The molecule has 2 heterocycles. The zero-order valence-electron chi connectivity index (χ0n) is 17.8. The normalized spacial score (nSPS) is 19.3. The van der Waals surface area contributed by atoms with Crippen LogP contribution in [-0.4, -0.2) is 38.3 Å². The van der Waals surface area contributed by atoms with Gasteiger partial charge in [-0.15, -0.1) is 0 Å². The number of alkyl halides is 3. The highest BCUT2D eigenvalue weighted by Crippen LogP contribution is 2.39. The number of hydrogen-bond donors (Lipinski definition) is 3. The molecule has 0 saturated carbocycles. The summed E-state index contributed by atoms with van der Waals surface area (Å²) >= 11 is 0. The topological polar surface area (TPSA) is 68.6 Å². The number of ether oxygens (including phenoxy) is 1. The summed E-state index contributed by atoms with van der Waals surface area (Å²) in [6.07, 6.45) is -4.96. The average Bonchev–Trinajstić information content (AvgIpc) is 2.74. The molecule has 3 aromatic rings. The third-order valence-corrected chi connectivity index (χ3v) is 5.83. The van der Waals surface area contributed by atoms with Crippen molar-refractivity contribution in [3.05, 3.63) is 63.5 Å². The number of phenolic OH excluding ortho intramolecular Hbond substituents is 1. The number of phenols is 1. The number of quaternary nitrogens is 2. The molecule has 3 N–H and O–H groups in total. The Bertz CT molecular complexity index is 1180. The van der Waals surface area contributed by atoms with Gasteiger partial charge in [0.25, 0.3) is 5.76 Å². The molecule has 32 heavy (non-hydrogen) atoms. The summed E-state index contributed by atoms with van der Waals surface area (Å²) in [5.74, 6) is -2.53. The first-order chi connectivity index (χ1) is 15.1. The van der Waals surface area contributed by atoms with Gasteiger partial charge in [0.1, 0.15) is 44.2 Å². The summed E-state index contributed by atoms with van der Waals surface area (Å²) in [6.45, 7) is 5.50. The van der Waals surface area contributed by atoms with Crippen molar-refractivity contribution < 1.29 is 37.2 Å². The molecule has 0 amide bonds. The molecule has 0 atom stereocenters. The quantitative estimate of drug-likeness (QED) is 0.564. The van der Waals surface area contributed by atoms with E-state index < -0.39 is 23.1 Å². The van der Waals surface area contributed by atoms with Crippen LogP contribution in [0, 0.1) is 6.92 Å². The maximum Gasteiger partial charge on any atom is 0.453 e. The Hall–Kier alpha value is -3.04. The van der Waals surface area contributed by atoms with Crippen LogP contribution in [0.5, 0.6) is 17.2 Å². The molecule has 1 aliphatic heterocycles. The van der Waals surface area contributed by atoms with Gasteiger partial charge in [-0.1, -0.05) is 17.7 Å². The van der Waals surface area contributed by atoms with Gasteiger partial charge in [-0.25, -0.2) is 0 Å². The van der Waals surface area contributed by atoms with E-state index in [1.807, 2.05) is 6.92 Å². The summed E-state index contributed by atoms with van der Waals surface area (Å²) in [5.41, 5.74) is -0.0934. The van der Waals surface area contributed by atoms with Crippen LogP contribution < -0.4 is 20.0 Å². The second kappa shape index (κ2) is 8.48. The lowest BCUT2D eigenvalue weighted by atomic mass is 10.1. The van der Waals surface area contributed by atoms with Crippen LogP contribution in [0.3, 0.4) is 0 Å². The fourth-order valence-electron chi connectivity index (χ4n) is 3.92.